The Morgan fingerprint density at radius 1 is 1.16 bits per heavy atom. The van der Waals surface area contributed by atoms with Gasteiger partial charge in [-0.2, -0.15) is 10.5 Å². The number of nitrogens with one attached hydrogen (secondary N) is 1. The van der Waals surface area contributed by atoms with Gasteiger partial charge in [0.05, 0.1) is 20.5 Å². The number of alkyl halides is 1. The normalized spacial score (nSPS) is 10.6. The Morgan fingerprint density at radius 2 is 1.90 bits per heavy atom. The van der Waals surface area contributed by atoms with Crippen LogP contribution in [0.25, 0.3) is 11.1 Å². The van der Waals surface area contributed by atoms with Gasteiger partial charge in [-0.1, -0.05) is 57.6 Å². The second-order valence-electron chi connectivity index (χ2n) is 5.97. The predicted molar refractivity (Wildman–Crippen MR) is 126 cm³/mol. The minimum absolute atomic E-state index is 0.0146. The van der Waals surface area contributed by atoms with Gasteiger partial charge in [-0.3, -0.25) is 10.1 Å². The third kappa shape index (κ3) is 4.97. The lowest BCUT2D eigenvalue weighted by molar-refractivity contribution is -0.384. The molecule has 0 fully saturated rings. The van der Waals surface area contributed by atoms with Crippen molar-refractivity contribution in [3.8, 4) is 23.3 Å². The molecule has 0 atom stereocenters. The molecule has 31 heavy (non-hydrogen) atoms. The minimum Gasteiger partial charge on any atom is -0.375 e. The van der Waals surface area contributed by atoms with Gasteiger partial charge in [0, 0.05) is 29.6 Å². The number of hydrogen-bond donors (Lipinski definition) is 1. The Balaban J connectivity index is 2.15. The van der Waals surface area contributed by atoms with Gasteiger partial charge >= 0.3 is 0 Å². The number of nitriles is 2. The summed E-state index contributed by atoms with van der Waals surface area (Å²) in [4.78, 5) is 10.5. The van der Waals surface area contributed by atoms with E-state index >= 15 is 0 Å². The minimum atomic E-state index is -0.583. The zero-order chi connectivity index (χ0) is 22.4. The van der Waals surface area contributed by atoms with Crippen LogP contribution in [-0.2, 0) is 0 Å². The van der Waals surface area contributed by atoms with Crippen molar-refractivity contribution in [2.75, 3.05) is 17.2 Å². The zero-order valence-electron chi connectivity index (χ0n) is 15.7. The molecule has 8 nitrogen and oxygen atoms in total. The first kappa shape index (κ1) is 22.6. The lowest BCUT2D eigenvalue weighted by Gasteiger charge is -2.03. The molecule has 1 aromatic heterocycles. The van der Waals surface area contributed by atoms with Gasteiger partial charge in [0.2, 0.25) is 0 Å². The first-order chi connectivity index (χ1) is 15.0. The van der Waals surface area contributed by atoms with E-state index in [1.165, 1.54) is 17.4 Å². The van der Waals surface area contributed by atoms with Crippen LogP contribution in [0.4, 0.5) is 21.4 Å². The first-order valence-electron chi connectivity index (χ1n) is 8.72. The number of non-ortho nitro benzene ring substituents is 1. The predicted octanol–water partition coefficient (Wildman–Crippen LogP) is 7.05. The number of anilines is 1. The highest BCUT2D eigenvalue weighted by Crippen LogP contribution is 2.46. The Hall–Kier alpha value is -3.12. The van der Waals surface area contributed by atoms with Crippen molar-refractivity contribution >= 4 is 64.6 Å². The fourth-order valence-electron chi connectivity index (χ4n) is 2.73. The largest absolute Gasteiger partial charge is 0.375 e. The number of rotatable bonds is 7. The van der Waals surface area contributed by atoms with Crippen molar-refractivity contribution in [2.45, 2.75) is 0 Å². The van der Waals surface area contributed by atoms with Crippen LogP contribution in [0.2, 0.25) is 0 Å². The maximum Gasteiger partial charge on any atom is 0.272 e. The van der Waals surface area contributed by atoms with E-state index < -0.39 is 4.92 Å². The summed E-state index contributed by atoms with van der Waals surface area (Å²) in [6, 6.07) is 15.9. The van der Waals surface area contributed by atoms with E-state index in [0.717, 1.165) is 11.6 Å². The Morgan fingerprint density at radius 3 is 2.52 bits per heavy atom. The summed E-state index contributed by atoms with van der Waals surface area (Å²) in [5, 5.41) is 43.8. The van der Waals surface area contributed by atoms with Gasteiger partial charge in [0.1, 0.15) is 27.8 Å². The number of nitrogens with zero attached hydrogens (tertiary/aromatic N) is 5. The monoisotopic (exact) mass is 558 g/mol. The Labute approximate surface area is 198 Å². The maximum absolute atomic E-state index is 11.1. The zero-order valence-corrected chi connectivity index (χ0v) is 19.7. The van der Waals surface area contributed by atoms with E-state index in [0.29, 0.717) is 33.0 Å². The molecule has 0 spiro atoms. The Bertz CT molecular complexity index is 1250. The van der Waals surface area contributed by atoms with Crippen LogP contribution in [0.15, 0.2) is 57.2 Å². The highest BCUT2D eigenvalue weighted by Gasteiger charge is 2.21. The molecule has 0 bridgehead atoms. The maximum atomic E-state index is 11.1. The van der Waals surface area contributed by atoms with Crippen molar-refractivity contribution < 1.29 is 4.92 Å². The van der Waals surface area contributed by atoms with Crippen LogP contribution in [-0.4, -0.2) is 16.8 Å². The van der Waals surface area contributed by atoms with Crippen LogP contribution in [0.3, 0.4) is 0 Å². The van der Waals surface area contributed by atoms with Crippen molar-refractivity contribution in [1.82, 2.24) is 0 Å². The first-order valence-corrected chi connectivity index (χ1v) is 11.4. The lowest BCUT2D eigenvalue weighted by Crippen LogP contribution is -2.01. The van der Waals surface area contributed by atoms with Gasteiger partial charge in [-0.25, -0.2) is 0 Å². The summed E-state index contributed by atoms with van der Waals surface area (Å²) in [5.41, 5.74) is 1.85. The fourth-order valence-corrected chi connectivity index (χ4v) is 4.47. The lowest BCUT2D eigenvalue weighted by atomic mass is 10.0. The quantitative estimate of drug-likeness (QED) is 0.143. The summed E-state index contributed by atoms with van der Waals surface area (Å²) in [5.74, 6) is 0. The van der Waals surface area contributed by atoms with E-state index in [2.05, 4.69) is 53.5 Å². The second kappa shape index (κ2) is 10.3. The number of hydrogen-bond acceptors (Lipinski definition) is 8. The molecule has 0 aliphatic heterocycles. The highest BCUT2D eigenvalue weighted by molar-refractivity contribution is 9.10. The van der Waals surface area contributed by atoms with E-state index in [1.54, 1.807) is 0 Å². The molecule has 1 N–H and O–H groups in total. The smallest absolute Gasteiger partial charge is 0.272 e. The summed E-state index contributed by atoms with van der Waals surface area (Å²) in [6.07, 6.45) is 0. The average molecular weight is 560 g/mol. The van der Waals surface area contributed by atoms with Gasteiger partial charge in [-0.05, 0) is 21.5 Å². The molecular formula is C20H12Br2N6O2S. The SMILES string of the molecule is N#Cc1cc([N+](=O)[O-])cc(Br)c1N=Nc1sc(NCCBr)c(C#N)c1-c1ccccc1. The fraction of sp³-hybridized carbons (Fsp3) is 0.100. The molecule has 2 aromatic carbocycles. The molecular weight excluding hydrogens is 548 g/mol. The van der Waals surface area contributed by atoms with Crippen molar-refractivity contribution in [3.05, 3.63) is 68.2 Å². The molecule has 0 amide bonds. The number of azo groups is 1. The van der Waals surface area contributed by atoms with Crippen LogP contribution in [0.5, 0.6) is 0 Å². The summed E-state index contributed by atoms with van der Waals surface area (Å²) >= 11 is 7.86. The molecule has 0 aliphatic rings. The van der Waals surface area contributed by atoms with Crippen molar-refractivity contribution in [2.24, 2.45) is 10.2 Å². The molecule has 154 valence electrons. The molecule has 0 radical (unpaired) electrons. The van der Waals surface area contributed by atoms with Crippen LogP contribution < -0.4 is 5.32 Å². The molecule has 3 aromatic rings. The number of thiophene rings is 1. The molecule has 0 saturated heterocycles. The topological polar surface area (TPSA) is 127 Å². The van der Waals surface area contributed by atoms with E-state index in [9.17, 15) is 20.6 Å². The van der Waals surface area contributed by atoms with Crippen LogP contribution in [0.1, 0.15) is 11.1 Å². The molecule has 0 aliphatic carbocycles. The second-order valence-corrected chi connectivity index (χ2v) is 8.62. The van der Waals surface area contributed by atoms with Gasteiger partial charge < -0.3 is 5.32 Å². The van der Waals surface area contributed by atoms with Gasteiger partial charge in [0.25, 0.3) is 5.69 Å². The summed E-state index contributed by atoms with van der Waals surface area (Å²) < 4.78 is 0.276. The number of benzene rings is 2. The van der Waals surface area contributed by atoms with Gasteiger partial charge in [-0.15, -0.1) is 10.2 Å². The molecule has 11 heteroatoms. The van der Waals surface area contributed by atoms with E-state index in [-0.39, 0.29) is 21.4 Å². The number of nitro benzene ring substituents is 1. The van der Waals surface area contributed by atoms with Crippen molar-refractivity contribution in [3.63, 3.8) is 0 Å². The third-order valence-electron chi connectivity index (χ3n) is 4.06. The van der Waals surface area contributed by atoms with E-state index in [4.69, 9.17) is 0 Å². The number of nitro groups is 1. The molecule has 0 saturated carbocycles. The molecule has 1 heterocycles. The average Bonchev–Trinajstić information content (AvgIpc) is 3.14. The highest BCUT2D eigenvalue weighted by atomic mass is 79.9. The third-order valence-corrected chi connectivity index (χ3v) is 6.10. The summed E-state index contributed by atoms with van der Waals surface area (Å²) in [7, 11) is 0. The molecule has 0 unspecified atom stereocenters. The molecule has 3 rings (SSSR count). The van der Waals surface area contributed by atoms with Crippen LogP contribution >= 0.6 is 43.2 Å². The van der Waals surface area contributed by atoms with E-state index in [1.807, 2.05) is 36.4 Å². The van der Waals surface area contributed by atoms with Crippen molar-refractivity contribution in [1.29, 1.82) is 10.5 Å². The van der Waals surface area contributed by atoms with Crippen LogP contribution in [0, 0.1) is 32.8 Å². The standard InChI is InChI=1S/C20H12Br2N6O2S/c21-6-7-25-19-15(11-24)17(12-4-2-1-3-5-12)20(31-19)27-26-18-13(10-23)8-14(28(29)30)9-16(18)22/h1-5,8-9,25H,6-7H2. The summed E-state index contributed by atoms with van der Waals surface area (Å²) in [6.45, 7) is 0.618. The van der Waals surface area contributed by atoms with Gasteiger partial charge in [0.15, 0.2) is 0 Å². The number of halogens is 2. The Kier molecular flexibility index (Phi) is 7.47.